The smallest absolute Gasteiger partial charge is 0.315 e. The van der Waals surface area contributed by atoms with Gasteiger partial charge in [-0.2, -0.15) is 13.2 Å². The van der Waals surface area contributed by atoms with Gasteiger partial charge in [0.15, 0.2) is 0 Å². The van der Waals surface area contributed by atoms with Crippen molar-refractivity contribution in [2.75, 3.05) is 11.9 Å². The average molecular weight is 446 g/mol. The number of nitrogens with zero attached hydrogens (tertiary/aromatic N) is 3. The van der Waals surface area contributed by atoms with Gasteiger partial charge in [-0.15, -0.1) is 0 Å². The summed E-state index contributed by atoms with van der Waals surface area (Å²) in [5.41, 5.74) is -0.966. The normalized spacial score (nSPS) is 12.6. The van der Waals surface area contributed by atoms with E-state index in [1.165, 1.54) is 27.7 Å². The van der Waals surface area contributed by atoms with Crippen LogP contribution in [0, 0.1) is 0 Å². The van der Waals surface area contributed by atoms with Crippen molar-refractivity contribution in [1.82, 2.24) is 14.5 Å². The van der Waals surface area contributed by atoms with Crippen molar-refractivity contribution in [2.24, 2.45) is 0 Å². The van der Waals surface area contributed by atoms with Crippen molar-refractivity contribution in [3.63, 3.8) is 0 Å². The van der Waals surface area contributed by atoms with E-state index in [1.807, 2.05) is 6.92 Å². The number of aromatic nitrogens is 2. The summed E-state index contributed by atoms with van der Waals surface area (Å²) in [7, 11) is 0. The minimum atomic E-state index is -4.60. The number of hydrogen-bond acceptors (Lipinski definition) is 3. The van der Waals surface area contributed by atoms with Crippen LogP contribution in [0.1, 0.15) is 44.6 Å². The summed E-state index contributed by atoms with van der Waals surface area (Å²) in [4.78, 5) is 32.1. The van der Waals surface area contributed by atoms with Crippen molar-refractivity contribution in [1.29, 1.82) is 0 Å². The third-order valence-corrected chi connectivity index (χ3v) is 5.25. The molecule has 170 valence electrons. The Bertz CT molecular complexity index is 1170. The summed E-state index contributed by atoms with van der Waals surface area (Å²) in [6, 6.07) is 10.4. The molecule has 0 aliphatic carbocycles. The maximum absolute atomic E-state index is 13.4. The van der Waals surface area contributed by atoms with Gasteiger partial charge in [-0.3, -0.25) is 9.36 Å². The van der Waals surface area contributed by atoms with Gasteiger partial charge >= 0.3 is 12.2 Å². The Morgan fingerprint density at radius 2 is 1.78 bits per heavy atom. The molecule has 6 nitrogen and oxygen atoms in total. The molecule has 2 aromatic carbocycles. The zero-order valence-corrected chi connectivity index (χ0v) is 18.1. The molecule has 0 saturated heterocycles. The molecule has 32 heavy (non-hydrogen) atoms. The highest BCUT2D eigenvalue weighted by atomic mass is 19.4. The summed E-state index contributed by atoms with van der Waals surface area (Å²) in [5, 5.41) is 2.86. The summed E-state index contributed by atoms with van der Waals surface area (Å²) < 4.78 is 41.5. The Balaban J connectivity index is 2.01. The van der Waals surface area contributed by atoms with Crippen molar-refractivity contribution < 1.29 is 18.0 Å². The van der Waals surface area contributed by atoms with Gasteiger partial charge < -0.3 is 10.2 Å². The number of fused-ring (bicyclic) bond motifs is 1. The topological polar surface area (TPSA) is 67.2 Å². The predicted octanol–water partition coefficient (Wildman–Crippen LogP) is 5.44. The largest absolute Gasteiger partial charge is 0.418 e. The first-order valence-electron chi connectivity index (χ1n) is 10.4. The van der Waals surface area contributed by atoms with E-state index in [9.17, 15) is 22.8 Å². The highest BCUT2D eigenvalue weighted by Crippen LogP contribution is 2.35. The molecule has 9 heteroatoms. The number of hydrogen-bond donors (Lipinski definition) is 1. The number of para-hydroxylation sites is 2. The van der Waals surface area contributed by atoms with E-state index < -0.39 is 23.8 Å². The summed E-state index contributed by atoms with van der Waals surface area (Å²) >= 11 is 0. The molecule has 1 heterocycles. The van der Waals surface area contributed by atoms with Crippen molar-refractivity contribution >= 4 is 22.6 Å². The summed E-state index contributed by atoms with van der Waals surface area (Å²) in [6.45, 7) is 5.99. The van der Waals surface area contributed by atoms with E-state index in [0.717, 1.165) is 6.07 Å². The first kappa shape index (κ1) is 23.3. The van der Waals surface area contributed by atoms with Crippen molar-refractivity contribution in [3.05, 3.63) is 70.3 Å². The Kier molecular flexibility index (Phi) is 6.86. The van der Waals surface area contributed by atoms with Gasteiger partial charge in [0.2, 0.25) is 0 Å². The number of benzene rings is 2. The van der Waals surface area contributed by atoms with Crippen LogP contribution >= 0.6 is 0 Å². The molecular formula is C23H25F3N4O2. The Hall–Kier alpha value is -3.36. The summed E-state index contributed by atoms with van der Waals surface area (Å²) in [6.07, 6.45) is -4.03. The van der Waals surface area contributed by atoms with Crippen LogP contribution in [0.2, 0.25) is 0 Å². The van der Waals surface area contributed by atoms with Crippen LogP contribution in [0.4, 0.5) is 23.7 Å². The van der Waals surface area contributed by atoms with Gasteiger partial charge in [-0.05, 0) is 44.5 Å². The molecule has 1 atom stereocenters. The second kappa shape index (κ2) is 9.42. The fourth-order valence-electron chi connectivity index (χ4n) is 3.69. The van der Waals surface area contributed by atoms with Crippen LogP contribution in [0.5, 0.6) is 0 Å². The highest BCUT2D eigenvalue weighted by Gasteiger charge is 2.34. The number of carbonyl (C=O) groups is 1. The molecule has 0 aliphatic rings. The number of halogens is 3. The van der Waals surface area contributed by atoms with Crippen LogP contribution in [0.25, 0.3) is 10.9 Å². The first-order chi connectivity index (χ1) is 15.2. The lowest BCUT2D eigenvalue weighted by Gasteiger charge is -2.30. The molecule has 3 aromatic rings. The van der Waals surface area contributed by atoms with Gasteiger partial charge in [0.25, 0.3) is 5.56 Å². The third-order valence-electron chi connectivity index (χ3n) is 5.25. The van der Waals surface area contributed by atoms with Gasteiger partial charge in [-0.25, -0.2) is 9.78 Å². The average Bonchev–Trinajstić information content (AvgIpc) is 2.76. The maximum atomic E-state index is 13.4. The fourth-order valence-corrected chi connectivity index (χ4v) is 3.69. The minimum Gasteiger partial charge on any atom is -0.315 e. The lowest BCUT2D eigenvalue weighted by molar-refractivity contribution is -0.136. The molecule has 1 aromatic heterocycles. The van der Waals surface area contributed by atoms with Gasteiger partial charge in [0.05, 0.1) is 28.2 Å². The number of carbonyl (C=O) groups excluding carboxylic acids is 1. The molecule has 3 rings (SSSR count). The standard InChI is InChI=1S/C23H25F3N4O2/c1-4-14-30(22(32)28-19-13-9-7-11-17(19)23(24,25)26)15(3)20-27-18-12-8-6-10-16(18)21(31)29(20)5-2/h6-13,15H,4-5,14H2,1-3H3,(H,28,32). The number of rotatable bonds is 6. The molecule has 0 fully saturated rings. The highest BCUT2D eigenvalue weighted by molar-refractivity contribution is 5.90. The van der Waals surface area contributed by atoms with E-state index in [0.29, 0.717) is 29.7 Å². The number of anilines is 1. The molecule has 1 N–H and O–H groups in total. The monoisotopic (exact) mass is 446 g/mol. The number of nitrogens with one attached hydrogen (secondary N) is 1. The van der Waals surface area contributed by atoms with Crippen molar-refractivity contribution in [2.45, 2.75) is 46.0 Å². The van der Waals surface area contributed by atoms with Crippen molar-refractivity contribution in [3.8, 4) is 0 Å². The minimum absolute atomic E-state index is 0.223. The van der Waals surface area contributed by atoms with E-state index in [2.05, 4.69) is 10.3 Å². The van der Waals surface area contributed by atoms with E-state index in [-0.39, 0.29) is 17.8 Å². The van der Waals surface area contributed by atoms with Crippen LogP contribution in [0.15, 0.2) is 53.3 Å². The molecule has 2 amide bonds. The van der Waals surface area contributed by atoms with Crippen LogP contribution in [0.3, 0.4) is 0 Å². The second-order valence-electron chi connectivity index (χ2n) is 7.38. The van der Waals surface area contributed by atoms with Crippen LogP contribution < -0.4 is 10.9 Å². The molecule has 0 spiro atoms. The number of alkyl halides is 3. The predicted molar refractivity (Wildman–Crippen MR) is 118 cm³/mol. The fraction of sp³-hybridized carbons (Fsp3) is 0.348. The van der Waals surface area contributed by atoms with Gasteiger partial charge in [0, 0.05) is 13.1 Å². The van der Waals surface area contributed by atoms with Crippen LogP contribution in [-0.2, 0) is 12.7 Å². The molecule has 0 saturated carbocycles. The zero-order valence-electron chi connectivity index (χ0n) is 18.1. The molecule has 0 bridgehead atoms. The zero-order chi connectivity index (χ0) is 23.5. The quantitative estimate of drug-likeness (QED) is 0.548. The van der Waals surface area contributed by atoms with Gasteiger partial charge in [-0.1, -0.05) is 31.2 Å². The number of amides is 2. The Morgan fingerprint density at radius 3 is 2.44 bits per heavy atom. The van der Waals surface area contributed by atoms with E-state index in [4.69, 9.17) is 0 Å². The SMILES string of the molecule is CCCN(C(=O)Nc1ccccc1C(F)(F)F)C(C)c1nc2ccccc2c(=O)n1CC. The van der Waals surface area contributed by atoms with Gasteiger partial charge in [0.1, 0.15) is 5.82 Å². The second-order valence-corrected chi connectivity index (χ2v) is 7.38. The Labute approximate surface area is 183 Å². The Morgan fingerprint density at radius 1 is 1.12 bits per heavy atom. The third kappa shape index (κ3) is 4.61. The lowest BCUT2D eigenvalue weighted by atomic mass is 10.1. The molecule has 0 aliphatic heterocycles. The molecule has 1 unspecified atom stereocenters. The lowest BCUT2D eigenvalue weighted by Crippen LogP contribution is -2.40. The first-order valence-corrected chi connectivity index (χ1v) is 10.4. The van der Waals surface area contributed by atoms with E-state index in [1.54, 1.807) is 38.1 Å². The molecule has 0 radical (unpaired) electrons. The van der Waals surface area contributed by atoms with E-state index >= 15 is 0 Å². The maximum Gasteiger partial charge on any atom is 0.418 e. The summed E-state index contributed by atoms with van der Waals surface area (Å²) in [5.74, 6) is 0.379. The number of urea groups is 1. The van der Waals surface area contributed by atoms with Crippen LogP contribution in [-0.4, -0.2) is 27.0 Å². The molecular weight excluding hydrogens is 421 g/mol.